The first-order valence-electron chi connectivity index (χ1n) is 6.09. The molecule has 0 spiro atoms. The van der Waals surface area contributed by atoms with E-state index < -0.39 is 0 Å². The lowest BCUT2D eigenvalue weighted by Crippen LogP contribution is -2.14. The molecule has 1 heterocycles. The summed E-state index contributed by atoms with van der Waals surface area (Å²) >= 11 is 0. The van der Waals surface area contributed by atoms with Crippen molar-refractivity contribution in [2.75, 3.05) is 7.11 Å². The Balaban J connectivity index is 2.23. The quantitative estimate of drug-likeness (QED) is 0.919. The minimum atomic E-state index is -0.371. The zero-order valence-corrected chi connectivity index (χ0v) is 11.1. The Morgan fingerprint density at radius 2 is 2.11 bits per heavy atom. The molecule has 0 aliphatic carbocycles. The summed E-state index contributed by atoms with van der Waals surface area (Å²) in [6.45, 7) is 2.01. The lowest BCUT2D eigenvalue weighted by molar-refractivity contribution is 0.408. The fraction of sp³-hybridized carbons (Fsp3) is 0.267. The molecule has 1 aromatic heterocycles. The number of halogens is 1. The highest BCUT2D eigenvalue weighted by atomic mass is 19.1. The van der Waals surface area contributed by atoms with Gasteiger partial charge in [0.25, 0.3) is 0 Å². The van der Waals surface area contributed by atoms with Crippen LogP contribution in [-0.2, 0) is 6.42 Å². The first-order valence-corrected chi connectivity index (χ1v) is 6.09. The van der Waals surface area contributed by atoms with Gasteiger partial charge in [0.1, 0.15) is 11.6 Å². The third-order valence-corrected chi connectivity index (χ3v) is 3.03. The summed E-state index contributed by atoms with van der Waals surface area (Å²) in [5.41, 5.74) is 8.94. The summed E-state index contributed by atoms with van der Waals surface area (Å²) in [4.78, 5) is 3.82. The molecule has 2 rings (SSSR count). The van der Waals surface area contributed by atoms with Gasteiger partial charge < -0.3 is 10.5 Å². The predicted octanol–water partition coefficient (Wildman–Crippen LogP) is 2.78. The van der Waals surface area contributed by atoms with E-state index in [1.54, 1.807) is 13.3 Å². The van der Waals surface area contributed by atoms with Crippen LogP contribution >= 0.6 is 0 Å². The fourth-order valence-electron chi connectivity index (χ4n) is 2.05. The smallest absolute Gasteiger partial charge is 0.141 e. The molecular weight excluding hydrogens is 243 g/mol. The van der Waals surface area contributed by atoms with Crippen molar-refractivity contribution in [2.45, 2.75) is 19.4 Å². The summed E-state index contributed by atoms with van der Waals surface area (Å²) in [5.74, 6) is 0.426. The van der Waals surface area contributed by atoms with Crippen LogP contribution in [0.3, 0.4) is 0 Å². The Labute approximate surface area is 112 Å². The number of aryl methyl sites for hydroxylation is 1. The second-order valence-electron chi connectivity index (χ2n) is 4.56. The second kappa shape index (κ2) is 5.80. The first kappa shape index (κ1) is 13.5. The predicted molar refractivity (Wildman–Crippen MR) is 72.6 cm³/mol. The molecule has 1 aromatic carbocycles. The normalized spacial score (nSPS) is 12.2. The summed E-state index contributed by atoms with van der Waals surface area (Å²) in [6.07, 6.45) is 3.34. The van der Waals surface area contributed by atoms with E-state index >= 15 is 0 Å². The topological polar surface area (TPSA) is 48.1 Å². The van der Waals surface area contributed by atoms with Gasteiger partial charge in [-0.15, -0.1) is 0 Å². The van der Waals surface area contributed by atoms with Gasteiger partial charge in [0.15, 0.2) is 0 Å². The summed E-state index contributed by atoms with van der Waals surface area (Å²) < 4.78 is 18.4. The average Bonchev–Trinajstić information content (AvgIpc) is 2.39. The van der Waals surface area contributed by atoms with Gasteiger partial charge in [-0.1, -0.05) is 17.7 Å². The van der Waals surface area contributed by atoms with Crippen molar-refractivity contribution < 1.29 is 9.13 Å². The van der Waals surface area contributed by atoms with Gasteiger partial charge in [0, 0.05) is 12.2 Å². The molecule has 2 N–H and O–H groups in total. The van der Waals surface area contributed by atoms with E-state index in [-0.39, 0.29) is 11.9 Å². The van der Waals surface area contributed by atoms with Crippen LogP contribution in [0.5, 0.6) is 5.75 Å². The molecule has 0 saturated carbocycles. The van der Waals surface area contributed by atoms with Crippen LogP contribution in [0.25, 0.3) is 0 Å². The fourth-order valence-corrected chi connectivity index (χ4v) is 2.05. The third kappa shape index (κ3) is 3.29. The maximum absolute atomic E-state index is 13.1. The number of hydrogen-bond acceptors (Lipinski definition) is 3. The number of ether oxygens (including phenoxy) is 1. The van der Waals surface area contributed by atoms with Crippen LogP contribution in [0.4, 0.5) is 4.39 Å². The van der Waals surface area contributed by atoms with Crippen molar-refractivity contribution >= 4 is 0 Å². The van der Waals surface area contributed by atoms with E-state index in [1.165, 1.54) is 12.3 Å². The number of methoxy groups -OCH3 is 1. The molecule has 1 atom stereocenters. The van der Waals surface area contributed by atoms with Crippen LogP contribution in [0.2, 0.25) is 0 Å². The number of benzene rings is 1. The zero-order valence-electron chi connectivity index (χ0n) is 11.1. The van der Waals surface area contributed by atoms with Gasteiger partial charge in [0.2, 0.25) is 0 Å². The lowest BCUT2D eigenvalue weighted by Gasteiger charge is -2.15. The van der Waals surface area contributed by atoms with Crippen LogP contribution in [0.15, 0.2) is 36.7 Å². The largest absolute Gasteiger partial charge is 0.496 e. The van der Waals surface area contributed by atoms with E-state index in [4.69, 9.17) is 10.5 Å². The second-order valence-corrected chi connectivity index (χ2v) is 4.56. The Bertz CT molecular complexity index is 572. The van der Waals surface area contributed by atoms with Crippen molar-refractivity contribution in [1.82, 2.24) is 4.98 Å². The van der Waals surface area contributed by atoms with Gasteiger partial charge in [-0.05, 0) is 36.6 Å². The molecule has 0 bridgehead atoms. The Morgan fingerprint density at radius 1 is 1.32 bits per heavy atom. The Kier molecular flexibility index (Phi) is 4.12. The Hall–Kier alpha value is -1.94. The van der Waals surface area contributed by atoms with Crippen molar-refractivity contribution in [3.05, 3.63) is 59.2 Å². The molecule has 0 aliphatic heterocycles. The number of nitrogens with zero attached hydrogens (tertiary/aromatic N) is 1. The highest BCUT2D eigenvalue weighted by molar-refractivity contribution is 5.38. The standard InChI is InChI=1S/C15H17FN2O/c1-10-3-4-15(19-2)11(5-10)7-14(17)12-6-13(16)9-18-8-12/h3-6,8-9,14H,7,17H2,1-2H3. The number of aromatic nitrogens is 1. The van der Waals surface area contributed by atoms with Crippen LogP contribution in [0, 0.1) is 12.7 Å². The number of pyridine rings is 1. The summed E-state index contributed by atoms with van der Waals surface area (Å²) in [6, 6.07) is 7.04. The van der Waals surface area contributed by atoms with Crippen LogP contribution in [0.1, 0.15) is 22.7 Å². The molecule has 19 heavy (non-hydrogen) atoms. The van der Waals surface area contributed by atoms with Gasteiger partial charge in [-0.3, -0.25) is 4.98 Å². The summed E-state index contributed by atoms with van der Waals surface area (Å²) in [7, 11) is 1.63. The van der Waals surface area contributed by atoms with Crippen molar-refractivity contribution in [3.63, 3.8) is 0 Å². The molecule has 4 heteroatoms. The molecule has 3 nitrogen and oxygen atoms in total. The van der Waals surface area contributed by atoms with Crippen molar-refractivity contribution in [2.24, 2.45) is 5.73 Å². The molecule has 0 radical (unpaired) electrons. The van der Waals surface area contributed by atoms with Gasteiger partial charge in [-0.2, -0.15) is 0 Å². The van der Waals surface area contributed by atoms with Crippen LogP contribution < -0.4 is 10.5 Å². The minimum absolute atomic E-state index is 0.307. The van der Waals surface area contributed by atoms with Gasteiger partial charge in [0.05, 0.1) is 13.3 Å². The molecule has 0 saturated heterocycles. The van der Waals surface area contributed by atoms with Gasteiger partial charge in [-0.25, -0.2) is 4.39 Å². The molecule has 0 aliphatic rings. The van der Waals surface area contributed by atoms with E-state index in [0.717, 1.165) is 16.9 Å². The summed E-state index contributed by atoms with van der Waals surface area (Å²) in [5, 5.41) is 0. The van der Waals surface area contributed by atoms with Crippen LogP contribution in [-0.4, -0.2) is 12.1 Å². The lowest BCUT2D eigenvalue weighted by atomic mass is 9.99. The minimum Gasteiger partial charge on any atom is -0.496 e. The third-order valence-electron chi connectivity index (χ3n) is 3.03. The van der Waals surface area contributed by atoms with Gasteiger partial charge >= 0.3 is 0 Å². The molecule has 0 amide bonds. The Morgan fingerprint density at radius 3 is 2.79 bits per heavy atom. The maximum atomic E-state index is 13.1. The number of rotatable bonds is 4. The van der Waals surface area contributed by atoms with Crippen molar-refractivity contribution in [1.29, 1.82) is 0 Å². The number of nitrogens with two attached hydrogens (primary N) is 1. The molecule has 0 fully saturated rings. The van der Waals surface area contributed by atoms with Crippen molar-refractivity contribution in [3.8, 4) is 5.75 Å². The van der Waals surface area contributed by atoms with E-state index in [2.05, 4.69) is 4.98 Å². The molecule has 100 valence electrons. The SMILES string of the molecule is COc1ccc(C)cc1CC(N)c1cncc(F)c1. The monoisotopic (exact) mass is 260 g/mol. The van der Waals surface area contributed by atoms with E-state index in [0.29, 0.717) is 12.0 Å². The maximum Gasteiger partial charge on any atom is 0.141 e. The molecule has 2 aromatic rings. The van der Waals surface area contributed by atoms with E-state index in [1.807, 2.05) is 25.1 Å². The molecular formula is C15H17FN2O. The highest BCUT2D eigenvalue weighted by Crippen LogP contribution is 2.24. The van der Waals surface area contributed by atoms with E-state index in [9.17, 15) is 4.39 Å². The average molecular weight is 260 g/mol. The first-order chi connectivity index (χ1) is 9.10. The zero-order chi connectivity index (χ0) is 13.8. The molecule has 1 unspecified atom stereocenters. The highest BCUT2D eigenvalue weighted by Gasteiger charge is 2.12. The number of hydrogen-bond donors (Lipinski definition) is 1.